The predicted octanol–water partition coefficient (Wildman–Crippen LogP) is 3.82. The van der Waals surface area contributed by atoms with Crippen molar-refractivity contribution in [2.75, 3.05) is 0 Å². The van der Waals surface area contributed by atoms with Gasteiger partial charge in [0.1, 0.15) is 0 Å². The number of Topliss-reactive ketones (excluding diaryl/α,β-unsaturated/α-hetero) is 1. The quantitative estimate of drug-likeness (QED) is 0.328. The van der Waals surface area contributed by atoms with E-state index in [0.717, 1.165) is 6.42 Å². The molecule has 0 bridgehead atoms. The molecule has 0 unspecified atom stereocenters. The van der Waals surface area contributed by atoms with Gasteiger partial charge in [0, 0.05) is 13.3 Å². The second-order valence-electron chi connectivity index (χ2n) is 6.07. The van der Waals surface area contributed by atoms with Gasteiger partial charge in [0.25, 0.3) is 0 Å². The zero-order chi connectivity index (χ0) is 14.8. The monoisotopic (exact) mass is 260 g/mol. The molecule has 1 aliphatic rings. The molecule has 0 aromatic heterocycles. The van der Waals surface area contributed by atoms with E-state index in [1.165, 1.54) is 11.1 Å². The molecule has 0 spiro atoms. The topological polar surface area (TPSA) is 53.5 Å². The van der Waals surface area contributed by atoms with Gasteiger partial charge in [0.2, 0.25) is 5.78 Å². The van der Waals surface area contributed by atoms with Crippen molar-refractivity contribution < 1.29 is 9.58 Å². The standard InChI is InChI=1S/C16H24N2O/c1-10(2)14-8-7-11(3)16(6,12(14)4)9-15(19)13(5)18-17/h7,12,14H,1,8-9H2,2-6H3/t12-,14-,16-/m0/s1. The lowest BCUT2D eigenvalue weighted by Gasteiger charge is -2.44. The summed E-state index contributed by atoms with van der Waals surface area (Å²) in [6.45, 7) is 14.1. The van der Waals surface area contributed by atoms with Crippen LogP contribution in [0.25, 0.3) is 5.53 Å². The Morgan fingerprint density at radius 1 is 1.58 bits per heavy atom. The number of rotatable bonds is 4. The van der Waals surface area contributed by atoms with Gasteiger partial charge in [-0.3, -0.25) is 4.79 Å². The zero-order valence-corrected chi connectivity index (χ0v) is 12.7. The molecule has 0 N–H and O–H groups in total. The summed E-state index contributed by atoms with van der Waals surface area (Å²) in [6.07, 6.45) is 3.60. The number of carbonyl (C=O) groups excluding carboxylic acids is 1. The summed E-state index contributed by atoms with van der Waals surface area (Å²) in [5, 5.41) is 0. The van der Waals surface area contributed by atoms with Gasteiger partial charge in [-0.2, -0.15) is 4.79 Å². The van der Waals surface area contributed by atoms with Crippen molar-refractivity contribution in [1.82, 2.24) is 0 Å². The Morgan fingerprint density at radius 2 is 2.16 bits per heavy atom. The molecule has 0 aromatic rings. The highest BCUT2D eigenvalue weighted by molar-refractivity contribution is 6.36. The van der Waals surface area contributed by atoms with Crippen molar-refractivity contribution in [3.63, 3.8) is 0 Å². The lowest BCUT2D eigenvalue weighted by molar-refractivity contribution is -0.119. The third kappa shape index (κ3) is 2.93. The van der Waals surface area contributed by atoms with Crippen LogP contribution in [0.2, 0.25) is 0 Å². The van der Waals surface area contributed by atoms with Gasteiger partial charge < -0.3 is 5.53 Å². The van der Waals surface area contributed by atoms with E-state index in [0.29, 0.717) is 18.3 Å². The lowest BCUT2D eigenvalue weighted by Crippen LogP contribution is -2.38. The summed E-state index contributed by atoms with van der Waals surface area (Å²) in [4.78, 5) is 15.1. The third-order valence-corrected chi connectivity index (χ3v) is 4.90. The van der Waals surface area contributed by atoms with Gasteiger partial charge in [-0.1, -0.05) is 37.6 Å². The van der Waals surface area contributed by atoms with Crippen molar-refractivity contribution in [2.45, 2.75) is 47.5 Å². The highest BCUT2D eigenvalue weighted by atomic mass is 16.1. The number of nitrogens with zero attached hydrogens (tertiary/aromatic N) is 2. The molecule has 1 aliphatic carbocycles. The SMILES string of the molecule is C=C(C)[C@@H]1CC=C(C)[C@](C)(CC(=O)C(C)=[N+]=[N-])[C@H]1C. The Kier molecular flexibility index (Phi) is 4.65. The molecule has 0 radical (unpaired) electrons. The molecule has 19 heavy (non-hydrogen) atoms. The minimum atomic E-state index is -0.190. The molecule has 3 atom stereocenters. The van der Waals surface area contributed by atoms with Gasteiger partial charge in [-0.15, -0.1) is 0 Å². The molecule has 0 aliphatic heterocycles. The first-order chi connectivity index (χ1) is 8.74. The fraction of sp³-hybridized carbons (Fsp3) is 0.625. The smallest absolute Gasteiger partial charge is 0.331 e. The molecular weight excluding hydrogens is 236 g/mol. The second-order valence-corrected chi connectivity index (χ2v) is 6.07. The fourth-order valence-corrected chi connectivity index (χ4v) is 2.99. The van der Waals surface area contributed by atoms with Crippen LogP contribution in [-0.2, 0) is 4.79 Å². The van der Waals surface area contributed by atoms with Gasteiger partial charge in [-0.25, -0.2) is 0 Å². The van der Waals surface area contributed by atoms with Crippen LogP contribution >= 0.6 is 0 Å². The lowest BCUT2D eigenvalue weighted by atomic mass is 9.59. The summed E-state index contributed by atoms with van der Waals surface area (Å²) in [6, 6.07) is 0. The van der Waals surface area contributed by atoms with Gasteiger partial charge >= 0.3 is 5.71 Å². The Hall–Kier alpha value is -1.47. The van der Waals surface area contributed by atoms with Crippen molar-refractivity contribution in [3.05, 3.63) is 29.3 Å². The van der Waals surface area contributed by atoms with Gasteiger partial charge in [-0.05, 0) is 37.5 Å². The molecule has 0 saturated carbocycles. The van der Waals surface area contributed by atoms with Crippen molar-refractivity contribution in [2.24, 2.45) is 17.3 Å². The van der Waals surface area contributed by atoms with Crippen LogP contribution in [0, 0.1) is 17.3 Å². The van der Waals surface area contributed by atoms with E-state index >= 15 is 0 Å². The molecule has 104 valence electrons. The summed E-state index contributed by atoms with van der Waals surface area (Å²) in [5.74, 6) is 0.672. The second kappa shape index (κ2) is 5.66. The molecule has 0 aromatic carbocycles. The summed E-state index contributed by atoms with van der Waals surface area (Å²) in [7, 11) is 0. The normalized spacial score (nSPS) is 30.3. The highest BCUT2D eigenvalue weighted by Crippen LogP contribution is 2.48. The number of hydrogen-bond donors (Lipinski definition) is 0. The first kappa shape index (κ1) is 15.6. The maximum absolute atomic E-state index is 12.1. The van der Waals surface area contributed by atoms with Crippen LogP contribution in [0.1, 0.15) is 47.5 Å². The Labute approximate surface area is 116 Å². The minimum Gasteiger partial charge on any atom is -0.361 e. The summed E-state index contributed by atoms with van der Waals surface area (Å²) >= 11 is 0. The summed E-state index contributed by atoms with van der Waals surface area (Å²) in [5.41, 5.74) is 11.1. The Balaban J connectivity index is 3.09. The van der Waals surface area contributed by atoms with Gasteiger partial charge in [0.15, 0.2) is 0 Å². The van der Waals surface area contributed by atoms with Crippen LogP contribution in [0.15, 0.2) is 23.8 Å². The van der Waals surface area contributed by atoms with E-state index in [-0.39, 0.29) is 16.9 Å². The Morgan fingerprint density at radius 3 is 2.63 bits per heavy atom. The number of allylic oxidation sites excluding steroid dienone is 3. The van der Waals surface area contributed by atoms with Crippen molar-refractivity contribution in [3.8, 4) is 0 Å². The molecule has 0 heterocycles. The molecule has 0 amide bonds. The van der Waals surface area contributed by atoms with E-state index < -0.39 is 0 Å². The number of carbonyl (C=O) groups is 1. The average molecular weight is 260 g/mol. The first-order valence-corrected chi connectivity index (χ1v) is 6.78. The molecular formula is C16H24N2O. The van der Waals surface area contributed by atoms with E-state index in [1.807, 2.05) is 0 Å². The zero-order valence-electron chi connectivity index (χ0n) is 12.7. The first-order valence-electron chi connectivity index (χ1n) is 6.78. The van der Waals surface area contributed by atoms with E-state index in [4.69, 9.17) is 5.53 Å². The van der Waals surface area contributed by atoms with Gasteiger partial charge in [0.05, 0.1) is 0 Å². The fourth-order valence-electron chi connectivity index (χ4n) is 2.99. The van der Waals surface area contributed by atoms with Crippen LogP contribution < -0.4 is 0 Å². The Bertz CT molecular complexity index is 483. The molecule has 3 nitrogen and oxygen atoms in total. The van der Waals surface area contributed by atoms with E-state index in [2.05, 4.69) is 45.1 Å². The summed E-state index contributed by atoms with van der Waals surface area (Å²) < 4.78 is 0. The van der Waals surface area contributed by atoms with E-state index in [9.17, 15) is 4.79 Å². The third-order valence-electron chi connectivity index (χ3n) is 4.90. The average Bonchev–Trinajstić information content (AvgIpc) is 2.35. The van der Waals surface area contributed by atoms with E-state index in [1.54, 1.807) is 6.92 Å². The molecule has 0 saturated heterocycles. The molecule has 3 heteroatoms. The van der Waals surface area contributed by atoms with Crippen LogP contribution in [0.4, 0.5) is 0 Å². The highest BCUT2D eigenvalue weighted by Gasteiger charge is 2.42. The maximum atomic E-state index is 12.1. The van der Waals surface area contributed by atoms with Crippen molar-refractivity contribution >= 4 is 11.5 Å². The maximum Gasteiger partial charge on any atom is 0.331 e. The minimum absolute atomic E-state index is 0.0908. The van der Waals surface area contributed by atoms with Crippen LogP contribution in [0.3, 0.4) is 0 Å². The number of hydrogen-bond acceptors (Lipinski definition) is 1. The van der Waals surface area contributed by atoms with Crippen molar-refractivity contribution in [1.29, 1.82) is 0 Å². The largest absolute Gasteiger partial charge is 0.361 e. The molecule has 1 rings (SSSR count). The van der Waals surface area contributed by atoms with Crippen LogP contribution in [0.5, 0.6) is 0 Å². The number of ketones is 1. The van der Waals surface area contributed by atoms with Crippen LogP contribution in [-0.4, -0.2) is 16.3 Å². The molecule has 0 fully saturated rings. The predicted molar refractivity (Wildman–Crippen MR) is 77.9 cm³/mol.